The molecule has 1 aromatic heterocycles. The van der Waals surface area contributed by atoms with Crippen LogP contribution in [-0.2, 0) is 6.42 Å². The largest absolute Gasteiger partial charge is 0.497 e. The highest BCUT2D eigenvalue weighted by molar-refractivity contribution is 5.76. The third kappa shape index (κ3) is 3.57. The van der Waals surface area contributed by atoms with Crippen molar-refractivity contribution in [1.82, 2.24) is 4.98 Å². The van der Waals surface area contributed by atoms with Crippen LogP contribution < -0.4 is 9.47 Å². The van der Waals surface area contributed by atoms with Gasteiger partial charge in [-0.1, -0.05) is 12.1 Å². The molecule has 0 radical (unpaired) electrons. The third-order valence-corrected chi connectivity index (χ3v) is 2.94. The minimum atomic E-state index is 0.347. The second kappa shape index (κ2) is 6.70. The number of carbonyl (C=O) groups excluding carboxylic acids is 1. The van der Waals surface area contributed by atoms with E-state index in [4.69, 9.17) is 9.47 Å². The van der Waals surface area contributed by atoms with E-state index in [0.717, 1.165) is 29.7 Å². The number of methoxy groups -OCH3 is 1. The lowest BCUT2D eigenvalue weighted by Crippen LogP contribution is -2.04. The summed E-state index contributed by atoms with van der Waals surface area (Å²) in [4.78, 5) is 15.1. The molecule has 0 spiro atoms. The number of aldehydes is 1. The Morgan fingerprint density at radius 1 is 1.15 bits per heavy atom. The fraction of sp³-hybridized carbons (Fsp3) is 0.250. The monoisotopic (exact) mass is 271 g/mol. The van der Waals surface area contributed by atoms with Crippen LogP contribution >= 0.6 is 0 Å². The fourth-order valence-corrected chi connectivity index (χ4v) is 1.84. The van der Waals surface area contributed by atoms with Gasteiger partial charge in [0.25, 0.3) is 0 Å². The molecule has 20 heavy (non-hydrogen) atoms. The van der Waals surface area contributed by atoms with Gasteiger partial charge in [-0.15, -0.1) is 0 Å². The molecule has 1 heterocycles. The maximum Gasteiger partial charge on any atom is 0.172 e. The molecule has 4 heteroatoms. The Hall–Kier alpha value is -2.36. The summed E-state index contributed by atoms with van der Waals surface area (Å²) in [5.41, 5.74) is 2.30. The van der Waals surface area contributed by atoms with Gasteiger partial charge in [-0.2, -0.15) is 0 Å². The Labute approximate surface area is 118 Å². The maximum absolute atomic E-state index is 10.9. The Bertz CT molecular complexity index is 579. The number of rotatable bonds is 6. The molecule has 2 rings (SSSR count). The summed E-state index contributed by atoms with van der Waals surface area (Å²) in [7, 11) is 1.64. The minimum Gasteiger partial charge on any atom is -0.497 e. The smallest absolute Gasteiger partial charge is 0.172 e. The van der Waals surface area contributed by atoms with Gasteiger partial charge in [0.15, 0.2) is 6.29 Å². The molecule has 0 N–H and O–H groups in total. The molecule has 4 nitrogen and oxygen atoms in total. The van der Waals surface area contributed by atoms with E-state index in [1.54, 1.807) is 13.2 Å². The second-order valence-corrected chi connectivity index (χ2v) is 4.40. The van der Waals surface area contributed by atoms with Crippen molar-refractivity contribution in [2.75, 3.05) is 13.7 Å². The van der Waals surface area contributed by atoms with Crippen LogP contribution in [0.4, 0.5) is 0 Å². The summed E-state index contributed by atoms with van der Waals surface area (Å²) in [6, 6.07) is 11.4. The molecule has 0 amide bonds. The van der Waals surface area contributed by atoms with E-state index in [2.05, 4.69) is 4.98 Å². The summed E-state index contributed by atoms with van der Waals surface area (Å²) >= 11 is 0. The normalized spacial score (nSPS) is 10.1. The molecule has 0 aliphatic heterocycles. The number of hydrogen-bond acceptors (Lipinski definition) is 4. The first kappa shape index (κ1) is 14.1. The second-order valence-electron chi connectivity index (χ2n) is 4.40. The van der Waals surface area contributed by atoms with Crippen LogP contribution in [0, 0.1) is 6.92 Å². The molecule has 0 aliphatic carbocycles. The summed E-state index contributed by atoms with van der Waals surface area (Å²) in [5, 5.41) is 0. The highest BCUT2D eigenvalue weighted by Crippen LogP contribution is 2.16. The Morgan fingerprint density at radius 2 is 1.90 bits per heavy atom. The third-order valence-electron chi connectivity index (χ3n) is 2.94. The molecular formula is C16H17NO3. The average Bonchev–Trinajstić information content (AvgIpc) is 2.49. The van der Waals surface area contributed by atoms with Crippen molar-refractivity contribution in [2.24, 2.45) is 0 Å². The van der Waals surface area contributed by atoms with E-state index in [1.807, 2.05) is 37.3 Å². The van der Waals surface area contributed by atoms with Gasteiger partial charge in [-0.3, -0.25) is 4.79 Å². The van der Waals surface area contributed by atoms with E-state index in [9.17, 15) is 4.79 Å². The SMILES string of the molecule is COc1ccc(CCOc2ccc(C)nc2C=O)cc1. The molecule has 0 aliphatic rings. The lowest BCUT2D eigenvalue weighted by molar-refractivity contribution is 0.111. The highest BCUT2D eigenvalue weighted by Gasteiger charge is 2.05. The summed E-state index contributed by atoms with van der Waals surface area (Å²) in [5.74, 6) is 1.36. The molecule has 1 aromatic carbocycles. The molecule has 0 fully saturated rings. The van der Waals surface area contributed by atoms with E-state index in [-0.39, 0.29) is 0 Å². The van der Waals surface area contributed by atoms with Gasteiger partial charge in [0, 0.05) is 12.1 Å². The van der Waals surface area contributed by atoms with Crippen LogP contribution in [0.3, 0.4) is 0 Å². The summed E-state index contributed by atoms with van der Waals surface area (Å²) < 4.78 is 10.7. The zero-order valence-electron chi connectivity index (χ0n) is 11.6. The molecule has 0 saturated heterocycles. The molecule has 0 unspecified atom stereocenters. The van der Waals surface area contributed by atoms with Crippen molar-refractivity contribution in [1.29, 1.82) is 0 Å². The molecule has 104 valence electrons. The maximum atomic E-state index is 10.9. The lowest BCUT2D eigenvalue weighted by atomic mass is 10.1. The van der Waals surface area contributed by atoms with Crippen molar-refractivity contribution in [3.8, 4) is 11.5 Å². The number of pyridine rings is 1. The number of hydrogen-bond donors (Lipinski definition) is 0. The number of nitrogens with zero attached hydrogens (tertiary/aromatic N) is 1. The number of aryl methyl sites for hydroxylation is 1. The Balaban J connectivity index is 1.93. The first-order chi connectivity index (χ1) is 9.72. The van der Waals surface area contributed by atoms with Gasteiger partial charge >= 0.3 is 0 Å². The van der Waals surface area contributed by atoms with Crippen LogP contribution in [-0.4, -0.2) is 25.0 Å². The number of carbonyl (C=O) groups is 1. The Morgan fingerprint density at radius 3 is 2.55 bits per heavy atom. The van der Waals surface area contributed by atoms with E-state index >= 15 is 0 Å². The standard InChI is InChI=1S/C16H17NO3/c1-12-3-8-16(15(11-18)17-12)20-10-9-13-4-6-14(19-2)7-5-13/h3-8,11H,9-10H2,1-2H3. The summed E-state index contributed by atoms with van der Waals surface area (Å²) in [6.45, 7) is 2.34. The van der Waals surface area contributed by atoms with Gasteiger partial charge < -0.3 is 9.47 Å². The van der Waals surface area contributed by atoms with Crippen molar-refractivity contribution < 1.29 is 14.3 Å². The van der Waals surface area contributed by atoms with Gasteiger partial charge in [-0.05, 0) is 36.8 Å². The van der Waals surface area contributed by atoms with Crippen molar-refractivity contribution in [2.45, 2.75) is 13.3 Å². The molecule has 0 saturated carbocycles. The molecule has 2 aromatic rings. The van der Waals surface area contributed by atoms with Crippen LogP contribution in [0.5, 0.6) is 11.5 Å². The number of benzene rings is 1. The predicted octanol–water partition coefficient (Wildman–Crippen LogP) is 2.83. The first-order valence-electron chi connectivity index (χ1n) is 6.41. The minimum absolute atomic E-state index is 0.347. The van der Waals surface area contributed by atoms with E-state index < -0.39 is 0 Å². The molecule has 0 atom stereocenters. The van der Waals surface area contributed by atoms with E-state index in [1.165, 1.54) is 0 Å². The molecular weight excluding hydrogens is 254 g/mol. The highest BCUT2D eigenvalue weighted by atomic mass is 16.5. The average molecular weight is 271 g/mol. The fourth-order valence-electron chi connectivity index (χ4n) is 1.84. The predicted molar refractivity (Wildman–Crippen MR) is 76.6 cm³/mol. The number of aromatic nitrogens is 1. The topological polar surface area (TPSA) is 48.4 Å². The zero-order chi connectivity index (χ0) is 14.4. The first-order valence-corrected chi connectivity index (χ1v) is 6.41. The van der Waals surface area contributed by atoms with Crippen LogP contribution in [0.1, 0.15) is 21.7 Å². The van der Waals surface area contributed by atoms with E-state index in [0.29, 0.717) is 18.1 Å². The van der Waals surface area contributed by atoms with Crippen LogP contribution in [0.15, 0.2) is 36.4 Å². The van der Waals surface area contributed by atoms with Crippen molar-refractivity contribution in [3.63, 3.8) is 0 Å². The van der Waals surface area contributed by atoms with Crippen LogP contribution in [0.25, 0.3) is 0 Å². The van der Waals surface area contributed by atoms with Gasteiger partial charge in [0.05, 0.1) is 13.7 Å². The summed E-state index contributed by atoms with van der Waals surface area (Å²) in [6.07, 6.45) is 1.48. The Kier molecular flexibility index (Phi) is 4.71. The molecule has 0 bridgehead atoms. The van der Waals surface area contributed by atoms with Crippen LogP contribution in [0.2, 0.25) is 0 Å². The quantitative estimate of drug-likeness (QED) is 0.758. The van der Waals surface area contributed by atoms with Crippen molar-refractivity contribution >= 4 is 6.29 Å². The van der Waals surface area contributed by atoms with Gasteiger partial charge in [0.2, 0.25) is 0 Å². The van der Waals surface area contributed by atoms with Gasteiger partial charge in [0.1, 0.15) is 17.2 Å². The zero-order valence-corrected chi connectivity index (χ0v) is 11.6. The lowest BCUT2D eigenvalue weighted by Gasteiger charge is -2.08. The van der Waals surface area contributed by atoms with Gasteiger partial charge in [-0.25, -0.2) is 4.98 Å². The van der Waals surface area contributed by atoms with Crippen molar-refractivity contribution in [3.05, 3.63) is 53.3 Å². The number of ether oxygens (including phenoxy) is 2.